The topological polar surface area (TPSA) is 86.0 Å². The highest BCUT2D eigenvalue weighted by Crippen LogP contribution is 2.35. The Hall–Kier alpha value is -3.20. The van der Waals surface area contributed by atoms with Crippen LogP contribution in [-0.4, -0.2) is 54.8 Å². The summed E-state index contributed by atoms with van der Waals surface area (Å²) in [5.41, 5.74) is 1.84. The van der Waals surface area contributed by atoms with Crippen LogP contribution in [0.25, 0.3) is 11.5 Å². The molecule has 2 aliphatic rings. The number of amides is 1. The number of pyridine rings is 2. The quantitative estimate of drug-likeness (QED) is 0.662. The van der Waals surface area contributed by atoms with E-state index >= 15 is 0 Å². The number of hydrogen-bond donors (Lipinski definition) is 0. The Labute approximate surface area is 166 Å². The molecule has 0 N–H and O–H groups in total. The monoisotopic (exact) mass is 394 g/mol. The second-order valence-electron chi connectivity index (χ2n) is 7.33. The Kier molecular flexibility index (Phi) is 4.13. The van der Waals surface area contributed by atoms with E-state index in [-0.39, 0.29) is 29.8 Å². The highest BCUT2D eigenvalue weighted by molar-refractivity contribution is 5.95. The van der Waals surface area contributed by atoms with Crippen LogP contribution in [0.1, 0.15) is 33.6 Å². The van der Waals surface area contributed by atoms with E-state index in [9.17, 15) is 9.18 Å². The van der Waals surface area contributed by atoms with Gasteiger partial charge in [-0.3, -0.25) is 9.78 Å². The number of ether oxygens (including phenoxy) is 1. The molecule has 2 bridgehead atoms. The fourth-order valence-corrected chi connectivity index (χ4v) is 4.04. The fraction of sp³-hybridized carbons (Fsp3) is 0.350. The van der Waals surface area contributed by atoms with E-state index in [2.05, 4.69) is 20.2 Å². The average Bonchev–Trinajstić information content (AvgIpc) is 3.12. The number of aryl methyl sites for hydroxylation is 2. The van der Waals surface area contributed by atoms with Gasteiger partial charge >= 0.3 is 0 Å². The molecule has 1 fully saturated rings. The maximum atomic E-state index is 14.6. The lowest BCUT2D eigenvalue weighted by molar-refractivity contribution is -0.0571. The lowest BCUT2D eigenvalue weighted by Crippen LogP contribution is -2.56. The van der Waals surface area contributed by atoms with Crippen molar-refractivity contribution in [2.24, 2.45) is 0 Å². The van der Waals surface area contributed by atoms with Crippen molar-refractivity contribution in [2.45, 2.75) is 32.5 Å². The van der Waals surface area contributed by atoms with Crippen LogP contribution in [0.5, 0.6) is 0 Å². The molecule has 5 heterocycles. The number of aromatic nitrogens is 5. The van der Waals surface area contributed by atoms with Crippen LogP contribution in [0.3, 0.4) is 0 Å². The first-order valence-corrected chi connectivity index (χ1v) is 9.43. The fourth-order valence-electron chi connectivity index (χ4n) is 4.04. The third-order valence-corrected chi connectivity index (χ3v) is 5.43. The molecule has 3 aromatic heterocycles. The summed E-state index contributed by atoms with van der Waals surface area (Å²) >= 11 is 0. The zero-order valence-electron chi connectivity index (χ0n) is 16.0. The van der Waals surface area contributed by atoms with Crippen molar-refractivity contribution in [1.82, 2.24) is 29.6 Å². The van der Waals surface area contributed by atoms with Crippen LogP contribution in [0.2, 0.25) is 0 Å². The number of rotatable bonds is 2. The van der Waals surface area contributed by atoms with Gasteiger partial charge in [-0.2, -0.15) is 0 Å². The van der Waals surface area contributed by atoms with Gasteiger partial charge in [0.15, 0.2) is 17.5 Å². The minimum absolute atomic E-state index is 0.0166. The molecule has 3 aromatic rings. The molecule has 0 saturated carbocycles. The van der Waals surface area contributed by atoms with Crippen molar-refractivity contribution in [3.63, 3.8) is 0 Å². The first-order chi connectivity index (χ1) is 14.0. The van der Waals surface area contributed by atoms with Crippen molar-refractivity contribution < 1.29 is 13.9 Å². The molecule has 8 nitrogen and oxygen atoms in total. The number of carbonyl (C=O) groups excluding carboxylic acids is 1. The van der Waals surface area contributed by atoms with Crippen molar-refractivity contribution >= 4 is 5.91 Å². The van der Waals surface area contributed by atoms with Crippen molar-refractivity contribution in [1.29, 1.82) is 0 Å². The number of carbonyl (C=O) groups is 1. The molecule has 9 heteroatoms. The molecule has 0 radical (unpaired) electrons. The SMILES string of the molecule is Cc1cccc(-c2nnc3n2C[C@@H]2COC[C@H]3N2C(=O)c2ccnc(C)c2F)n1. The van der Waals surface area contributed by atoms with Gasteiger partial charge in [0.25, 0.3) is 5.91 Å². The van der Waals surface area contributed by atoms with Gasteiger partial charge in [-0.1, -0.05) is 6.07 Å². The first-order valence-electron chi connectivity index (χ1n) is 9.43. The van der Waals surface area contributed by atoms with Crippen LogP contribution in [0.15, 0.2) is 30.5 Å². The predicted molar refractivity (Wildman–Crippen MR) is 100 cm³/mol. The van der Waals surface area contributed by atoms with Crippen LogP contribution >= 0.6 is 0 Å². The molecule has 0 aromatic carbocycles. The Morgan fingerprint density at radius 1 is 1.21 bits per heavy atom. The normalized spacial score (nSPS) is 20.4. The lowest BCUT2D eigenvalue weighted by atomic mass is 10.0. The van der Waals surface area contributed by atoms with E-state index in [1.165, 1.54) is 12.3 Å². The zero-order chi connectivity index (χ0) is 20.1. The van der Waals surface area contributed by atoms with Gasteiger partial charge in [0.05, 0.1) is 30.5 Å². The van der Waals surface area contributed by atoms with E-state index in [0.29, 0.717) is 24.8 Å². The van der Waals surface area contributed by atoms with E-state index in [0.717, 1.165) is 11.4 Å². The number of fused-ring (bicyclic) bond motifs is 4. The Morgan fingerprint density at radius 3 is 2.90 bits per heavy atom. The standard InChI is InChI=1S/C20H19FN6O2/c1-11-4-3-5-15(23-11)18-24-25-19-16-10-29-9-13(8-26(18)19)27(16)20(28)14-6-7-22-12(2)17(14)21/h3-7,13,16H,8-10H2,1-2H3/t13-,16-/m1/s1. The zero-order valence-corrected chi connectivity index (χ0v) is 16.0. The summed E-state index contributed by atoms with van der Waals surface area (Å²) in [7, 11) is 0. The molecule has 5 rings (SSSR count). The van der Waals surface area contributed by atoms with Gasteiger partial charge in [0, 0.05) is 18.4 Å². The van der Waals surface area contributed by atoms with E-state index in [4.69, 9.17) is 4.74 Å². The number of halogens is 1. The minimum atomic E-state index is -0.590. The Balaban J connectivity index is 1.56. The van der Waals surface area contributed by atoms with Gasteiger partial charge < -0.3 is 14.2 Å². The minimum Gasteiger partial charge on any atom is -0.377 e. The largest absolute Gasteiger partial charge is 0.377 e. The molecule has 1 amide bonds. The van der Waals surface area contributed by atoms with Crippen molar-refractivity contribution in [3.05, 3.63) is 59.1 Å². The summed E-state index contributed by atoms with van der Waals surface area (Å²) in [6.45, 7) is 4.58. The second-order valence-corrected chi connectivity index (χ2v) is 7.33. The van der Waals surface area contributed by atoms with Crippen LogP contribution in [0.4, 0.5) is 4.39 Å². The van der Waals surface area contributed by atoms with Crippen molar-refractivity contribution in [3.8, 4) is 11.5 Å². The van der Waals surface area contributed by atoms with Crippen LogP contribution < -0.4 is 0 Å². The van der Waals surface area contributed by atoms with Crippen LogP contribution in [0, 0.1) is 19.7 Å². The van der Waals surface area contributed by atoms with Gasteiger partial charge in [-0.05, 0) is 32.0 Å². The highest BCUT2D eigenvalue weighted by Gasteiger charge is 2.44. The maximum Gasteiger partial charge on any atom is 0.258 e. The summed E-state index contributed by atoms with van der Waals surface area (Å²) < 4.78 is 22.3. The summed E-state index contributed by atoms with van der Waals surface area (Å²) in [6.07, 6.45) is 1.45. The molecular weight excluding hydrogens is 375 g/mol. The predicted octanol–water partition coefficient (Wildman–Crippen LogP) is 2.09. The molecule has 0 spiro atoms. The lowest BCUT2D eigenvalue weighted by Gasteiger charge is -2.45. The Morgan fingerprint density at radius 2 is 2.07 bits per heavy atom. The van der Waals surface area contributed by atoms with Crippen LogP contribution in [-0.2, 0) is 11.3 Å². The third-order valence-electron chi connectivity index (χ3n) is 5.43. The van der Waals surface area contributed by atoms with Gasteiger partial charge in [-0.25, -0.2) is 9.37 Å². The summed E-state index contributed by atoms with van der Waals surface area (Å²) in [4.78, 5) is 23.4. The van der Waals surface area contributed by atoms with Gasteiger partial charge in [0.2, 0.25) is 0 Å². The molecular formula is C20H19FN6O2. The molecule has 0 aliphatic carbocycles. The molecule has 2 atom stereocenters. The Bertz CT molecular complexity index is 1110. The molecule has 148 valence electrons. The average molecular weight is 394 g/mol. The van der Waals surface area contributed by atoms with E-state index in [1.807, 2.05) is 29.7 Å². The van der Waals surface area contributed by atoms with E-state index < -0.39 is 11.9 Å². The highest BCUT2D eigenvalue weighted by atomic mass is 19.1. The summed E-state index contributed by atoms with van der Waals surface area (Å²) in [5.74, 6) is 0.321. The maximum absolute atomic E-state index is 14.6. The van der Waals surface area contributed by atoms with Gasteiger partial charge in [0.1, 0.15) is 11.7 Å². The molecule has 29 heavy (non-hydrogen) atoms. The summed E-state index contributed by atoms with van der Waals surface area (Å²) in [6, 6.07) is 6.48. The summed E-state index contributed by atoms with van der Waals surface area (Å²) in [5, 5.41) is 8.68. The van der Waals surface area contributed by atoms with Gasteiger partial charge in [-0.15, -0.1) is 10.2 Å². The molecule has 0 unspecified atom stereocenters. The molecule has 1 saturated heterocycles. The van der Waals surface area contributed by atoms with Crippen molar-refractivity contribution in [2.75, 3.05) is 13.2 Å². The second kappa shape index (κ2) is 6.70. The number of morpholine rings is 1. The van der Waals surface area contributed by atoms with E-state index in [1.54, 1.807) is 11.8 Å². The first kappa shape index (κ1) is 17.9. The molecule has 2 aliphatic heterocycles. The smallest absolute Gasteiger partial charge is 0.258 e. The number of nitrogens with zero attached hydrogens (tertiary/aromatic N) is 6. The third kappa shape index (κ3) is 2.80. The number of hydrogen-bond acceptors (Lipinski definition) is 6.